The maximum absolute atomic E-state index is 10.6. The van der Waals surface area contributed by atoms with Gasteiger partial charge in [-0.1, -0.05) is 27.2 Å². The summed E-state index contributed by atoms with van der Waals surface area (Å²) in [5.74, 6) is -1.45. The van der Waals surface area contributed by atoms with E-state index in [1.54, 1.807) is 6.92 Å². The number of carboxylic acid groups (broad SMARTS) is 1. The molecule has 0 aromatic carbocycles. The fourth-order valence-corrected chi connectivity index (χ4v) is 1.20. The lowest BCUT2D eigenvalue weighted by molar-refractivity contribution is -0.147. The Morgan fingerprint density at radius 3 is 2.08 bits per heavy atom. The number of carbonyl (C=O) groups is 1. The van der Waals surface area contributed by atoms with Gasteiger partial charge in [-0.15, -0.1) is 0 Å². The molecular weight excluding hydrogens is 156 g/mol. The fraction of sp³-hybridized carbons (Fsp3) is 0.889. The third kappa shape index (κ3) is 2.81. The molecule has 0 radical (unpaired) electrons. The number of rotatable bonds is 5. The van der Waals surface area contributed by atoms with Gasteiger partial charge < -0.3 is 10.2 Å². The summed E-state index contributed by atoms with van der Waals surface area (Å²) < 4.78 is 0. The summed E-state index contributed by atoms with van der Waals surface area (Å²) in [7, 11) is 0. The minimum atomic E-state index is -0.898. The first kappa shape index (κ1) is 11.4. The molecule has 0 aliphatic rings. The second-order valence-electron chi connectivity index (χ2n) is 3.23. The summed E-state index contributed by atoms with van der Waals surface area (Å²) >= 11 is 0. The third-order valence-electron chi connectivity index (χ3n) is 2.40. The van der Waals surface area contributed by atoms with E-state index in [0.717, 1.165) is 6.42 Å². The summed E-state index contributed by atoms with van der Waals surface area (Å²) in [4.78, 5) is 10.6. The zero-order valence-electron chi connectivity index (χ0n) is 7.95. The number of hydrogen-bond acceptors (Lipinski definition) is 2. The zero-order valence-corrected chi connectivity index (χ0v) is 7.95. The summed E-state index contributed by atoms with van der Waals surface area (Å²) in [6.45, 7) is 5.60. The van der Waals surface area contributed by atoms with Gasteiger partial charge in [0.25, 0.3) is 0 Å². The first-order valence-electron chi connectivity index (χ1n) is 4.45. The maximum Gasteiger partial charge on any atom is 0.309 e. The summed E-state index contributed by atoms with van der Waals surface area (Å²) in [6.07, 6.45) is 0.587. The number of aliphatic carboxylic acids is 1. The molecule has 0 saturated heterocycles. The number of aliphatic hydroxyl groups excluding tert-OH is 1. The topological polar surface area (TPSA) is 57.5 Å². The molecule has 0 rings (SSSR count). The molecule has 0 heterocycles. The largest absolute Gasteiger partial charge is 0.481 e. The van der Waals surface area contributed by atoms with Crippen molar-refractivity contribution in [2.45, 2.75) is 39.7 Å². The van der Waals surface area contributed by atoms with Crippen LogP contribution in [0, 0.1) is 11.8 Å². The van der Waals surface area contributed by atoms with E-state index in [9.17, 15) is 9.90 Å². The van der Waals surface area contributed by atoms with E-state index < -0.39 is 18.0 Å². The average molecular weight is 174 g/mol. The van der Waals surface area contributed by atoms with Crippen LogP contribution in [0.25, 0.3) is 0 Å². The van der Waals surface area contributed by atoms with Crippen LogP contribution in [0.3, 0.4) is 0 Å². The summed E-state index contributed by atoms with van der Waals surface area (Å²) in [5, 5.41) is 18.3. The van der Waals surface area contributed by atoms with Crippen LogP contribution in [0.2, 0.25) is 0 Å². The maximum atomic E-state index is 10.6. The Bertz CT molecular complexity index is 145. The summed E-state index contributed by atoms with van der Waals surface area (Å²) in [5.41, 5.74) is 0. The van der Waals surface area contributed by atoms with Gasteiger partial charge in [0.15, 0.2) is 0 Å². The molecule has 0 amide bonds. The molecule has 0 aromatic rings. The van der Waals surface area contributed by atoms with Crippen LogP contribution in [-0.4, -0.2) is 22.3 Å². The predicted molar refractivity (Wildman–Crippen MR) is 46.9 cm³/mol. The Labute approximate surface area is 73.4 Å². The SMILES string of the molecule is CCC(C)C(O)C(CC)C(=O)O. The zero-order chi connectivity index (χ0) is 9.72. The van der Waals surface area contributed by atoms with Crippen LogP contribution >= 0.6 is 0 Å². The van der Waals surface area contributed by atoms with E-state index in [0.29, 0.717) is 6.42 Å². The highest BCUT2D eigenvalue weighted by Crippen LogP contribution is 2.18. The first-order valence-corrected chi connectivity index (χ1v) is 4.45. The molecule has 3 atom stereocenters. The number of aliphatic hydroxyl groups is 1. The molecule has 0 aliphatic carbocycles. The lowest BCUT2D eigenvalue weighted by Crippen LogP contribution is -2.32. The van der Waals surface area contributed by atoms with Crippen LogP contribution < -0.4 is 0 Å². The Hall–Kier alpha value is -0.570. The highest BCUT2D eigenvalue weighted by Gasteiger charge is 2.27. The van der Waals surface area contributed by atoms with E-state index in [-0.39, 0.29) is 5.92 Å². The van der Waals surface area contributed by atoms with E-state index in [1.807, 2.05) is 13.8 Å². The Kier molecular flexibility index (Phi) is 4.90. The molecule has 0 aliphatic heterocycles. The molecule has 12 heavy (non-hydrogen) atoms. The van der Waals surface area contributed by atoms with Crippen LogP contribution in [0.1, 0.15) is 33.6 Å². The molecule has 2 N–H and O–H groups in total. The normalized spacial score (nSPS) is 18.3. The van der Waals surface area contributed by atoms with Crippen molar-refractivity contribution in [1.29, 1.82) is 0 Å². The molecule has 0 saturated carbocycles. The van der Waals surface area contributed by atoms with Crippen molar-refractivity contribution in [2.75, 3.05) is 0 Å². The fourth-order valence-electron chi connectivity index (χ4n) is 1.20. The van der Waals surface area contributed by atoms with Gasteiger partial charge in [0, 0.05) is 0 Å². The van der Waals surface area contributed by atoms with Crippen LogP contribution in [0.5, 0.6) is 0 Å². The quantitative estimate of drug-likeness (QED) is 0.664. The van der Waals surface area contributed by atoms with Gasteiger partial charge in [-0.05, 0) is 12.3 Å². The molecule has 0 bridgehead atoms. The van der Waals surface area contributed by atoms with Gasteiger partial charge >= 0.3 is 5.97 Å². The smallest absolute Gasteiger partial charge is 0.309 e. The van der Waals surface area contributed by atoms with Crippen molar-refractivity contribution in [3.8, 4) is 0 Å². The highest BCUT2D eigenvalue weighted by molar-refractivity contribution is 5.70. The van der Waals surface area contributed by atoms with Crippen LogP contribution in [0.15, 0.2) is 0 Å². The first-order chi connectivity index (χ1) is 5.54. The highest BCUT2D eigenvalue weighted by atomic mass is 16.4. The van der Waals surface area contributed by atoms with Crippen molar-refractivity contribution in [1.82, 2.24) is 0 Å². The van der Waals surface area contributed by atoms with Crippen LogP contribution in [0.4, 0.5) is 0 Å². The second kappa shape index (κ2) is 5.14. The molecule has 0 fully saturated rings. The number of carboxylic acids is 1. The molecule has 3 nitrogen and oxygen atoms in total. The monoisotopic (exact) mass is 174 g/mol. The minimum Gasteiger partial charge on any atom is -0.481 e. The lowest BCUT2D eigenvalue weighted by atomic mass is 9.89. The van der Waals surface area contributed by atoms with Crippen molar-refractivity contribution in [3.63, 3.8) is 0 Å². The van der Waals surface area contributed by atoms with Gasteiger partial charge in [0.05, 0.1) is 12.0 Å². The van der Waals surface area contributed by atoms with Gasteiger partial charge in [-0.25, -0.2) is 0 Å². The Balaban J connectivity index is 4.20. The van der Waals surface area contributed by atoms with Gasteiger partial charge in [-0.3, -0.25) is 4.79 Å². The Morgan fingerprint density at radius 2 is 1.83 bits per heavy atom. The van der Waals surface area contributed by atoms with Crippen molar-refractivity contribution in [2.24, 2.45) is 11.8 Å². The molecule has 0 aromatic heterocycles. The van der Waals surface area contributed by atoms with E-state index in [4.69, 9.17) is 5.11 Å². The van der Waals surface area contributed by atoms with Gasteiger partial charge in [-0.2, -0.15) is 0 Å². The minimum absolute atomic E-state index is 0.0612. The van der Waals surface area contributed by atoms with Gasteiger partial charge in [0.2, 0.25) is 0 Å². The van der Waals surface area contributed by atoms with E-state index >= 15 is 0 Å². The molecular formula is C9H18O3. The number of hydrogen-bond donors (Lipinski definition) is 2. The summed E-state index contributed by atoms with van der Waals surface area (Å²) in [6, 6.07) is 0. The standard InChI is InChI=1S/C9H18O3/c1-4-6(3)8(10)7(5-2)9(11)12/h6-8,10H,4-5H2,1-3H3,(H,11,12). The van der Waals surface area contributed by atoms with Crippen molar-refractivity contribution in [3.05, 3.63) is 0 Å². The van der Waals surface area contributed by atoms with Crippen molar-refractivity contribution < 1.29 is 15.0 Å². The Morgan fingerprint density at radius 1 is 1.33 bits per heavy atom. The van der Waals surface area contributed by atoms with E-state index in [2.05, 4.69) is 0 Å². The lowest BCUT2D eigenvalue weighted by Gasteiger charge is -2.22. The molecule has 3 heteroatoms. The molecule has 0 spiro atoms. The molecule has 3 unspecified atom stereocenters. The van der Waals surface area contributed by atoms with Crippen LogP contribution in [-0.2, 0) is 4.79 Å². The van der Waals surface area contributed by atoms with E-state index in [1.165, 1.54) is 0 Å². The average Bonchev–Trinajstić information content (AvgIpc) is 2.03. The predicted octanol–water partition coefficient (Wildman–Crippen LogP) is 1.50. The van der Waals surface area contributed by atoms with Gasteiger partial charge in [0.1, 0.15) is 0 Å². The second-order valence-corrected chi connectivity index (χ2v) is 3.23. The third-order valence-corrected chi connectivity index (χ3v) is 2.40. The van der Waals surface area contributed by atoms with Crippen molar-refractivity contribution >= 4 is 5.97 Å². The molecule has 72 valence electrons.